The number of carbonyl (C=O) groups is 1. The van der Waals surface area contributed by atoms with Crippen LogP contribution in [-0.2, 0) is 14.9 Å². The van der Waals surface area contributed by atoms with Crippen molar-refractivity contribution in [2.75, 3.05) is 26.9 Å². The monoisotopic (exact) mass is 422 g/mol. The zero-order valence-electron chi connectivity index (χ0n) is 17.7. The van der Waals surface area contributed by atoms with Crippen LogP contribution in [0.25, 0.3) is 10.9 Å². The summed E-state index contributed by atoms with van der Waals surface area (Å²) in [5.41, 5.74) is 1.08. The number of hydrogen-bond donors (Lipinski definition) is 1. The molecule has 0 saturated carbocycles. The third kappa shape index (κ3) is 4.16. The van der Waals surface area contributed by atoms with Crippen LogP contribution in [0.1, 0.15) is 31.4 Å². The van der Waals surface area contributed by atoms with Crippen molar-refractivity contribution in [1.29, 1.82) is 0 Å². The normalized spacial score (nSPS) is 16.6. The molecule has 1 aliphatic heterocycles. The van der Waals surface area contributed by atoms with Crippen LogP contribution in [-0.4, -0.2) is 47.8 Å². The summed E-state index contributed by atoms with van der Waals surface area (Å²) in [6.45, 7) is 3.37. The Kier molecular flexibility index (Phi) is 5.99. The quantitative estimate of drug-likeness (QED) is 0.655. The lowest BCUT2D eigenvalue weighted by atomic mass is 9.74. The first-order valence-corrected chi connectivity index (χ1v) is 10.4. The summed E-state index contributed by atoms with van der Waals surface area (Å²) in [4.78, 5) is 25.7. The summed E-state index contributed by atoms with van der Waals surface area (Å²) in [6.07, 6.45) is 1.59. The van der Waals surface area contributed by atoms with Gasteiger partial charge < -0.3 is 14.8 Å². The Balaban J connectivity index is 1.54. The summed E-state index contributed by atoms with van der Waals surface area (Å²) in [5.74, 6) is 0.518. The van der Waals surface area contributed by atoms with Crippen LogP contribution >= 0.6 is 0 Å². The third-order valence-electron chi connectivity index (χ3n) is 6.09. The van der Waals surface area contributed by atoms with E-state index in [1.165, 1.54) is 0 Å². The van der Waals surface area contributed by atoms with Crippen molar-refractivity contribution in [2.24, 2.45) is 0 Å². The first-order chi connectivity index (χ1) is 15.0. The largest absolute Gasteiger partial charge is 0.497 e. The highest BCUT2D eigenvalue weighted by atomic mass is 16.5. The molecule has 1 aromatic heterocycles. The molecule has 31 heavy (non-hydrogen) atoms. The molecular weight excluding hydrogens is 396 g/mol. The van der Waals surface area contributed by atoms with Crippen LogP contribution in [0.2, 0.25) is 0 Å². The lowest BCUT2D eigenvalue weighted by Gasteiger charge is -2.38. The zero-order valence-corrected chi connectivity index (χ0v) is 17.7. The highest BCUT2D eigenvalue weighted by Crippen LogP contribution is 2.35. The van der Waals surface area contributed by atoms with E-state index in [9.17, 15) is 9.59 Å². The van der Waals surface area contributed by atoms with Crippen LogP contribution in [0.4, 0.5) is 0 Å². The summed E-state index contributed by atoms with van der Waals surface area (Å²) < 4.78 is 12.0. The van der Waals surface area contributed by atoms with E-state index < -0.39 is 6.04 Å². The van der Waals surface area contributed by atoms with Crippen LogP contribution in [0, 0.1) is 0 Å². The fourth-order valence-corrected chi connectivity index (χ4v) is 4.04. The van der Waals surface area contributed by atoms with Gasteiger partial charge in [0.1, 0.15) is 17.3 Å². The zero-order chi connectivity index (χ0) is 21.8. The molecule has 3 aromatic rings. The second kappa shape index (κ2) is 8.85. The number of amides is 1. The molecule has 162 valence electrons. The van der Waals surface area contributed by atoms with E-state index in [1.807, 2.05) is 24.3 Å². The van der Waals surface area contributed by atoms with Crippen molar-refractivity contribution in [3.8, 4) is 5.75 Å². The first kappa shape index (κ1) is 21.0. The molecule has 2 aromatic carbocycles. The summed E-state index contributed by atoms with van der Waals surface area (Å²) >= 11 is 0. The predicted molar refractivity (Wildman–Crippen MR) is 116 cm³/mol. The van der Waals surface area contributed by atoms with E-state index in [4.69, 9.17) is 9.47 Å². The number of hydrogen-bond acceptors (Lipinski definition) is 6. The van der Waals surface area contributed by atoms with Gasteiger partial charge in [-0.3, -0.25) is 9.59 Å². The van der Waals surface area contributed by atoms with Gasteiger partial charge in [-0.1, -0.05) is 29.5 Å². The van der Waals surface area contributed by atoms with Gasteiger partial charge in [-0.2, -0.15) is 4.68 Å². The number of benzene rings is 2. The topological polar surface area (TPSA) is 95.3 Å². The Morgan fingerprint density at radius 1 is 1.19 bits per heavy atom. The van der Waals surface area contributed by atoms with E-state index in [0.717, 1.165) is 28.8 Å². The van der Waals surface area contributed by atoms with Gasteiger partial charge in [-0.05, 0) is 49.6 Å². The van der Waals surface area contributed by atoms with Gasteiger partial charge in [0, 0.05) is 25.2 Å². The third-order valence-corrected chi connectivity index (χ3v) is 6.09. The summed E-state index contributed by atoms with van der Waals surface area (Å²) in [5, 5.41) is 11.5. The van der Waals surface area contributed by atoms with E-state index in [1.54, 1.807) is 38.3 Å². The standard InChI is InChI=1S/C23H26N4O4/c1-16(27-22(29)19-5-3-4-6-20(19)25-26-27)21(28)24-15-23(11-13-31-14-12-23)17-7-9-18(30-2)10-8-17/h3-10,16H,11-15H2,1-2H3,(H,24,28)/t16-/m1/s1. The second-order valence-electron chi connectivity index (χ2n) is 7.87. The van der Waals surface area contributed by atoms with Crippen molar-refractivity contribution in [3.63, 3.8) is 0 Å². The Bertz CT molecular complexity index is 1120. The van der Waals surface area contributed by atoms with Gasteiger partial charge in [0.25, 0.3) is 5.56 Å². The van der Waals surface area contributed by atoms with Crippen LogP contribution in [0.15, 0.2) is 53.3 Å². The number of nitrogens with one attached hydrogen (secondary N) is 1. The lowest BCUT2D eigenvalue weighted by Crippen LogP contribution is -2.47. The molecule has 0 unspecified atom stereocenters. The SMILES string of the molecule is COc1ccc(C2(CNC(=O)[C@@H](C)n3nnc4ccccc4c3=O)CCOCC2)cc1. The average Bonchev–Trinajstić information content (AvgIpc) is 2.83. The molecule has 2 heterocycles. The molecule has 0 radical (unpaired) electrons. The molecule has 1 amide bonds. The highest BCUT2D eigenvalue weighted by Gasteiger charge is 2.35. The maximum Gasteiger partial charge on any atom is 0.278 e. The molecule has 1 saturated heterocycles. The van der Waals surface area contributed by atoms with E-state index in [0.29, 0.717) is 30.7 Å². The summed E-state index contributed by atoms with van der Waals surface area (Å²) in [6, 6.07) is 14.1. The van der Waals surface area contributed by atoms with Crippen LogP contribution in [0.3, 0.4) is 0 Å². The Morgan fingerprint density at radius 2 is 1.90 bits per heavy atom. The number of carbonyl (C=O) groups excluding carboxylic acids is 1. The number of nitrogens with zero attached hydrogens (tertiary/aromatic N) is 3. The molecule has 8 nitrogen and oxygen atoms in total. The van der Waals surface area contributed by atoms with Crippen molar-refractivity contribution >= 4 is 16.8 Å². The van der Waals surface area contributed by atoms with E-state index >= 15 is 0 Å². The minimum atomic E-state index is -0.780. The highest BCUT2D eigenvalue weighted by molar-refractivity contribution is 5.81. The van der Waals surface area contributed by atoms with Crippen LogP contribution in [0.5, 0.6) is 5.75 Å². The van der Waals surface area contributed by atoms with Gasteiger partial charge in [-0.15, -0.1) is 5.10 Å². The average molecular weight is 422 g/mol. The van der Waals surface area contributed by atoms with E-state index in [2.05, 4.69) is 15.6 Å². The number of fused-ring (bicyclic) bond motifs is 1. The van der Waals surface area contributed by atoms with Crippen molar-refractivity contribution < 1.29 is 14.3 Å². The van der Waals surface area contributed by atoms with E-state index in [-0.39, 0.29) is 16.9 Å². The van der Waals surface area contributed by atoms with Crippen molar-refractivity contribution in [2.45, 2.75) is 31.2 Å². The Labute approximate surface area is 180 Å². The molecule has 0 bridgehead atoms. The lowest BCUT2D eigenvalue weighted by molar-refractivity contribution is -0.124. The minimum Gasteiger partial charge on any atom is -0.497 e. The van der Waals surface area contributed by atoms with Gasteiger partial charge in [0.15, 0.2) is 0 Å². The van der Waals surface area contributed by atoms with Gasteiger partial charge in [0.05, 0.1) is 12.5 Å². The van der Waals surface area contributed by atoms with Crippen molar-refractivity contribution in [1.82, 2.24) is 20.3 Å². The number of ether oxygens (including phenoxy) is 2. The molecular formula is C23H26N4O4. The van der Waals surface area contributed by atoms with Gasteiger partial charge in [-0.25, -0.2) is 0 Å². The maximum atomic E-state index is 13.0. The molecule has 0 aliphatic carbocycles. The number of methoxy groups -OCH3 is 1. The minimum absolute atomic E-state index is 0.236. The Hall–Kier alpha value is -3.26. The molecule has 1 N–H and O–H groups in total. The first-order valence-electron chi connectivity index (χ1n) is 10.4. The smallest absolute Gasteiger partial charge is 0.278 e. The molecule has 4 rings (SSSR count). The summed E-state index contributed by atoms with van der Waals surface area (Å²) in [7, 11) is 1.64. The predicted octanol–water partition coefficient (Wildman–Crippen LogP) is 2.23. The fraction of sp³-hybridized carbons (Fsp3) is 0.391. The van der Waals surface area contributed by atoms with Gasteiger partial charge >= 0.3 is 0 Å². The molecule has 1 aliphatic rings. The molecule has 0 spiro atoms. The second-order valence-corrected chi connectivity index (χ2v) is 7.87. The number of rotatable bonds is 6. The van der Waals surface area contributed by atoms with Crippen molar-refractivity contribution in [3.05, 3.63) is 64.4 Å². The molecule has 8 heteroatoms. The maximum absolute atomic E-state index is 13.0. The Morgan fingerprint density at radius 3 is 2.61 bits per heavy atom. The fourth-order valence-electron chi connectivity index (χ4n) is 4.04. The molecule has 1 atom stereocenters. The number of aromatic nitrogens is 3. The van der Waals surface area contributed by atoms with Gasteiger partial charge in [0.2, 0.25) is 5.91 Å². The van der Waals surface area contributed by atoms with Crippen LogP contribution < -0.4 is 15.6 Å². The molecule has 1 fully saturated rings.